The zero-order chi connectivity index (χ0) is 10.7. The van der Waals surface area contributed by atoms with Gasteiger partial charge in [0.05, 0.1) is 16.6 Å². The zero-order valence-electron chi connectivity index (χ0n) is 8.70. The first kappa shape index (κ1) is 13.3. The fraction of sp³-hybridized carbons (Fsp3) is 0.364. The molecule has 1 heterocycles. The van der Waals surface area contributed by atoms with Gasteiger partial charge >= 0.3 is 0 Å². The molecule has 0 radical (unpaired) electrons. The minimum absolute atomic E-state index is 0. The van der Waals surface area contributed by atoms with E-state index in [1.807, 2.05) is 18.2 Å². The Hall–Kier alpha value is -0.770. The zero-order valence-corrected chi connectivity index (χ0v) is 10.3. The van der Waals surface area contributed by atoms with Crippen LogP contribution in [-0.4, -0.2) is 19.0 Å². The molecule has 16 heavy (non-hydrogen) atoms. The van der Waals surface area contributed by atoms with Crippen molar-refractivity contribution >= 4 is 35.6 Å². The molecule has 5 heteroatoms. The number of amides is 1. The van der Waals surface area contributed by atoms with Crippen LogP contribution in [0, 0.1) is 5.92 Å². The summed E-state index contributed by atoms with van der Waals surface area (Å²) in [5.74, 6) is 0.120. The monoisotopic (exact) mass is 260 g/mol. The Bertz CT molecular complexity index is 365. The third-order valence-corrected chi connectivity index (χ3v) is 2.89. The van der Waals surface area contributed by atoms with Crippen molar-refractivity contribution < 1.29 is 4.79 Å². The molecule has 1 aromatic carbocycles. The molecule has 0 saturated carbocycles. The Morgan fingerprint density at radius 2 is 2.19 bits per heavy atom. The maximum absolute atomic E-state index is 11.8. The number of carbonyl (C=O) groups is 1. The van der Waals surface area contributed by atoms with E-state index in [9.17, 15) is 4.79 Å². The highest BCUT2D eigenvalue weighted by Gasteiger charge is 2.22. The Labute approximate surface area is 106 Å². The summed E-state index contributed by atoms with van der Waals surface area (Å²) in [7, 11) is 0. The molecule has 1 aliphatic rings. The lowest BCUT2D eigenvalue weighted by Gasteiger charge is -2.10. The molecule has 2 rings (SSSR count). The second-order valence-corrected chi connectivity index (χ2v) is 4.07. The fourth-order valence-electron chi connectivity index (χ4n) is 1.68. The first-order valence-corrected chi connectivity index (χ1v) is 5.41. The predicted molar refractivity (Wildman–Crippen MR) is 68.3 cm³/mol. The third kappa shape index (κ3) is 3.11. The number of hydrogen-bond acceptors (Lipinski definition) is 2. The van der Waals surface area contributed by atoms with Gasteiger partial charge in [-0.1, -0.05) is 23.7 Å². The normalized spacial score (nSPS) is 18.9. The number of benzene rings is 1. The van der Waals surface area contributed by atoms with Crippen LogP contribution >= 0.6 is 24.0 Å². The van der Waals surface area contributed by atoms with Crippen molar-refractivity contribution in [2.24, 2.45) is 5.92 Å². The maximum Gasteiger partial charge on any atom is 0.228 e. The molecule has 0 aliphatic carbocycles. The van der Waals surface area contributed by atoms with E-state index in [0.29, 0.717) is 10.7 Å². The molecule has 88 valence electrons. The lowest BCUT2D eigenvalue weighted by atomic mass is 10.1. The van der Waals surface area contributed by atoms with Crippen LogP contribution in [0.25, 0.3) is 0 Å². The quantitative estimate of drug-likeness (QED) is 0.857. The molecule has 0 spiro atoms. The molecule has 0 aromatic heterocycles. The SMILES string of the molecule is Cl.O=C(Nc1ccccc1Cl)[C@H]1CCNC1. The van der Waals surface area contributed by atoms with Crippen LogP contribution in [0.5, 0.6) is 0 Å². The summed E-state index contributed by atoms with van der Waals surface area (Å²) in [6.45, 7) is 1.68. The number of halogens is 2. The van der Waals surface area contributed by atoms with Crippen molar-refractivity contribution in [3.05, 3.63) is 29.3 Å². The second-order valence-electron chi connectivity index (χ2n) is 3.66. The van der Waals surface area contributed by atoms with E-state index in [1.54, 1.807) is 6.07 Å². The third-order valence-electron chi connectivity index (χ3n) is 2.56. The minimum atomic E-state index is 0. The van der Waals surface area contributed by atoms with E-state index < -0.39 is 0 Å². The van der Waals surface area contributed by atoms with Gasteiger partial charge in [-0.15, -0.1) is 12.4 Å². The summed E-state index contributed by atoms with van der Waals surface area (Å²) in [5, 5.41) is 6.58. The summed E-state index contributed by atoms with van der Waals surface area (Å²) in [5.41, 5.74) is 0.691. The molecule has 0 bridgehead atoms. The number of carbonyl (C=O) groups excluding carboxylic acids is 1. The molecule has 1 fully saturated rings. The molecule has 1 atom stereocenters. The lowest BCUT2D eigenvalue weighted by Crippen LogP contribution is -2.24. The fourth-order valence-corrected chi connectivity index (χ4v) is 1.86. The molecule has 0 unspecified atom stereocenters. The van der Waals surface area contributed by atoms with E-state index in [2.05, 4.69) is 10.6 Å². The predicted octanol–water partition coefficient (Wildman–Crippen LogP) is 2.31. The van der Waals surface area contributed by atoms with Gasteiger partial charge in [-0.05, 0) is 25.1 Å². The molecule has 2 N–H and O–H groups in total. The minimum Gasteiger partial charge on any atom is -0.324 e. The Balaban J connectivity index is 0.00000128. The van der Waals surface area contributed by atoms with Gasteiger partial charge in [-0.25, -0.2) is 0 Å². The van der Waals surface area contributed by atoms with Gasteiger partial charge in [0, 0.05) is 6.54 Å². The Morgan fingerprint density at radius 1 is 1.44 bits per heavy atom. The average Bonchev–Trinajstić information content (AvgIpc) is 2.74. The number of hydrogen-bond donors (Lipinski definition) is 2. The van der Waals surface area contributed by atoms with Crippen LogP contribution in [0.1, 0.15) is 6.42 Å². The number of nitrogens with one attached hydrogen (secondary N) is 2. The summed E-state index contributed by atoms with van der Waals surface area (Å²) in [6.07, 6.45) is 0.899. The highest BCUT2D eigenvalue weighted by atomic mass is 35.5. The number of rotatable bonds is 2. The van der Waals surface area contributed by atoms with Crippen LogP contribution in [0.15, 0.2) is 24.3 Å². The first-order chi connectivity index (χ1) is 7.27. The van der Waals surface area contributed by atoms with Gasteiger partial charge in [-0.3, -0.25) is 4.79 Å². The van der Waals surface area contributed by atoms with E-state index in [0.717, 1.165) is 19.5 Å². The van der Waals surface area contributed by atoms with Gasteiger partial charge in [0.1, 0.15) is 0 Å². The van der Waals surface area contributed by atoms with Crippen LogP contribution in [0.2, 0.25) is 5.02 Å². The van der Waals surface area contributed by atoms with Gasteiger partial charge in [0.25, 0.3) is 0 Å². The van der Waals surface area contributed by atoms with Gasteiger partial charge in [-0.2, -0.15) is 0 Å². The highest BCUT2D eigenvalue weighted by Crippen LogP contribution is 2.21. The van der Waals surface area contributed by atoms with Crippen molar-refractivity contribution in [1.82, 2.24) is 5.32 Å². The molecule has 1 saturated heterocycles. The number of para-hydroxylation sites is 1. The molecular formula is C11H14Cl2N2O. The summed E-state index contributed by atoms with van der Waals surface area (Å²) in [4.78, 5) is 11.8. The molecule has 3 nitrogen and oxygen atoms in total. The lowest BCUT2D eigenvalue weighted by molar-refractivity contribution is -0.119. The van der Waals surface area contributed by atoms with Crippen molar-refractivity contribution in [3.63, 3.8) is 0 Å². The topological polar surface area (TPSA) is 41.1 Å². The van der Waals surface area contributed by atoms with E-state index in [1.165, 1.54) is 0 Å². The first-order valence-electron chi connectivity index (χ1n) is 5.03. The molecule has 1 aliphatic heterocycles. The van der Waals surface area contributed by atoms with Crippen molar-refractivity contribution in [2.45, 2.75) is 6.42 Å². The molecular weight excluding hydrogens is 247 g/mol. The Morgan fingerprint density at radius 3 is 2.81 bits per heavy atom. The van der Waals surface area contributed by atoms with Gasteiger partial charge in [0.15, 0.2) is 0 Å². The molecule has 1 amide bonds. The smallest absolute Gasteiger partial charge is 0.228 e. The molecule has 1 aromatic rings. The summed E-state index contributed by atoms with van der Waals surface area (Å²) >= 11 is 5.94. The van der Waals surface area contributed by atoms with Crippen molar-refractivity contribution in [2.75, 3.05) is 18.4 Å². The average molecular weight is 261 g/mol. The van der Waals surface area contributed by atoms with Crippen LogP contribution in [-0.2, 0) is 4.79 Å². The summed E-state index contributed by atoms with van der Waals surface area (Å²) < 4.78 is 0. The van der Waals surface area contributed by atoms with Crippen LogP contribution in [0.4, 0.5) is 5.69 Å². The van der Waals surface area contributed by atoms with E-state index in [-0.39, 0.29) is 24.2 Å². The van der Waals surface area contributed by atoms with E-state index >= 15 is 0 Å². The largest absolute Gasteiger partial charge is 0.324 e. The Kier molecular flexibility index (Phi) is 5.06. The standard InChI is InChI=1S/C11H13ClN2O.ClH/c12-9-3-1-2-4-10(9)14-11(15)8-5-6-13-7-8;/h1-4,8,13H,5-7H2,(H,14,15);1H/t8-;/m0./s1. The van der Waals surface area contributed by atoms with Crippen molar-refractivity contribution in [3.8, 4) is 0 Å². The number of anilines is 1. The summed E-state index contributed by atoms with van der Waals surface area (Å²) in [6, 6.07) is 7.27. The van der Waals surface area contributed by atoms with Gasteiger partial charge < -0.3 is 10.6 Å². The maximum atomic E-state index is 11.8. The second kappa shape index (κ2) is 6.09. The van der Waals surface area contributed by atoms with Crippen LogP contribution in [0.3, 0.4) is 0 Å². The van der Waals surface area contributed by atoms with Crippen LogP contribution < -0.4 is 10.6 Å². The highest BCUT2D eigenvalue weighted by molar-refractivity contribution is 6.33. The van der Waals surface area contributed by atoms with E-state index in [4.69, 9.17) is 11.6 Å². The van der Waals surface area contributed by atoms with Gasteiger partial charge in [0.2, 0.25) is 5.91 Å². The van der Waals surface area contributed by atoms with Crippen molar-refractivity contribution in [1.29, 1.82) is 0 Å².